The molecule has 6 heteroatoms. The van der Waals surface area contributed by atoms with Gasteiger partial charge in [-0.3, -0.25) is 0 Å². The van der Waals surface area contributed by atoms with Crippen LogP contribution in [-0.4, -0.2) is 30.1 Å². The predicted molar refractivity (Wildman–Crippen MR) is 75.1 cm³/mol. The molecule has 102 valence electrons. The number of furan rings is 1. The molecule has 0 fully saturated rings. The lowest BCUT2D eigenvalue weighted by molar-refractivity contribution is 0.517. The number of likely N-dealkylation sites (N-methyl/N-ethyl adjacent to an activating group) is 1. The molecule has 0 amide bonds. The lowest BCUT2D eigenvalue weighted by Crippen LogP contribution is -2.26. The molecule has 2 aromatic heterocycles. The summed E-state index contributed by atoms with van der Waals surface area (Å²) in [6, 6.07) is 5.69. The van der Waals surface area contributed by atoms with E-state index in [4.69, 9.17) is 10.2 Å². The van der Waals surface area contributed by atoms with Crippen LogP contribution < -0.4 is 16.0 Å². The largest absolute Gasteiger partial charge is 0.467 e. The van der Waals surface area contributed by atoms with E-state index in [-0.39, 0.29) is 0 Å². The molecule has 0 spiro atoms. The highest BCUT2D eigenvalue weighted by atomic mass is 16.3. The molecular weight excluding hydrogens is 242 g/mol. The van der Waals surface area contributed by atoms with Crippen molar-refractivity contribution >= 4 is 11.6 Å². The van der Waals surface area contributed by atoms with E-state index in [0.717, 1.165) is 29.8 Å². The van der Waals surface area contributed by atoms with Gasteiger partial charge < -0.3 is 20.4 Å². The SMILES string of the molecule is Cc1nc(NCc2ccco2)cc(N(C)CCN)n1. The molecule has 0 aliphatic rings. The fourth-order valence-corrected chi connectivity index (χ4v) is 1.74. The summed E-state index contributed by atoms with van der Waals surface area (Å²) in [5, 5.41) is 3.22. The molecule has 6 nitrogen and oxygen atoms in total. The summed E-state index contributed by atoms with van der Waals surface area (Å²) >= 11 is 0. The van der Waals surface area contributed by atoms with Crippen LogP contribution in [0.3, 0.4) is 0 Å². The minimum atomic E-state index is 0.592. The summed E-state index contributed by atoms with van der Waals surface area (Å²) in [6.07, 6.45) is 1.66. The average Bonchev–Trinajstić information content (AvgIpc) is 2.89. The van der Waals surface area contributed by atoms with Crippen molar-refractivity contribution in [1.29, 1.82) is 0 Å². The number of hydrogen-bond acceptors (Lipinski definition) is 6. The van der Waals surface area contributed by atoms with Crippen LogP contribution in [0.15, 0.2) is 28.9 Å². The van der Waals surface area contributed by atoms with Crippen LogP contribution in [0.25, 0.3) is 0 Å². The van der Waals surface area contributed by atoms with Gasteiger partial charge in [0.1, 0.15) is 23.2 Å². The van der Waals surface area contributed by atoms with E-state index in [9.17, 15) is 0 Å². The van der Waals surface area contributed by atoms with Gasteiger partial charge >= 0.3 is 0 Å². The molecule has 3 N–H and O–H groups in total. The summed E-state index contributed by atoms with van der Waals surface area (Å²) < 4.78 is 5.27. The molecule has 2 aromatic rings. The lowest BCUT2D eigenvalue weighted by Gasteiger charge is -2.18. The molecule has 0 bridgehead atoms. The zero-order chi connectivity index (χ0) is 13.7. The van der Waals surface area contributed by atoms with E-state index in [2.05, 4.69) is 15.3 Å². The fourth-order valence-electron chi connectivity index (χ4n) is 1.74. The van der Waals surface area contributed by atoms with Gasteiger partial charge in [0.2, 0.25) is 0 Å². The number of aromatic nitrogens is 2. The van der Waals surface area contributed by atoms with Gasteiger partial charge in [-0.2, -0.15) is 0 Å². The van der Waals surface area contributed by atoms with Crippen molar-refractivity contribution in [3.63, 3.8) is 0 Å². The van der Waals surface area contributed by atoms with E-state index < -0.39 is 0 Å². The summed E-state index contributed by atoms with van der Waals surface area (Å²) in [6.45, 7) is 3.82. The van der Waals surface area contributed by atoms with Gasteiger partial charge in [-0.15, -0.1) is 0 Å². The van der Waals surface area contributed by atoms with Crippen LogP contribution in [0.5, 0.6) is 0 Å². The molecule has 0 aliphatic heterocycles. The van der Waals surface area contributed by atoms with E-state index in [1.165, 1.54) is 0 Å². The van der Waals surface area contributed by atoms with E-state index in [1.807, 2.05) is 37.1 Å². The van der Waals surface area contributed by atoms with Crippen LogP contribution in [0.1, 0.15) is 11.6 Å². The maximum atomic E-state index is 5.55. The first-order valence-electron chi connectivity index (χ1n) is 6.22. The normalized spacial score (nSPS) is 10.5. The number of nitrogens with one attached hydrogen (secondary N) is 1. The number of anilines is 2. The standard InChI is InChI=1S/C13H19N5O/c1-10-16-12(15-9-11-4-3-7-19-11)8-13(17-10)18(2)6-5-14/h3-4,7-8H,5-6,9,14H2,1-2H3,(H,15,16,17). The summed E-state index contributed by atoms with van der Waals surface area (Å²) in [5.41, 5.74) is 5.55. The Bertz CT molecular complexity index is 512. The second-order valence-electron chi connectivity index (χ2n) is 4.30. The Morgan fingerprint density at radius 2 is 2.26 bits per heavy atom. The van der Waals surface area contributed by atoms with Crippen LogP contribution in [-0.2, 0) is 6.54 Å². The van der Waals surface area contributed by atoms with Gasteiger partial charge in [-0.1, -0.05) is 0 Å². The zero-order valence-electron chi connectivity index (χ0n) is 11.3. The first-order valence-corrected chi connectivity index (χ1v) is 6.22. The van der Waals surface area contributed by atoms with Gasteiger partial charge in [0.25, 0.3) is 0 Å². The monoisotopic (exact) mass is 261 g/mol. The number of hydrogen-bond donors (Lipinski definition) is 2. The Morgan fingerprint density at radius 1 is 1.42 bits per heavy atom. The zero-order valence-corrected chi connectivity index (χ0v) is 11.3. The average molecular weight is 261 g/mol. The third-order valence-corrected chi connectivity index (χ3v) is 2.70. The minimum Gasteiger partial charge on any atom is -0.467 e. The Labute approximate surface area is 112 Å². The van der Waals surface area contributed by atoms with Gasteiger partial charge in [0.05, 0.1) is 12.8 Å². The van der Waals surface area contributed by atoms with Gasteiger partial charge in [-0.25, -0.2) is 9.97 Å². The van der Waals surface area contributed by atoms with E-state index >= 15 is 0 Å². The topological polar surface area (TPSA) is 80.2 Å². The van der Waals surface area contributed by atoms with Gasteiger partial charge in [-0.05, 0) is 19.1 Å². The first-order chi connectivity index (χ1) is 9.19. The second kappa shape index (κ2) is 6.19. The maximum absolute atomic E-state index is 5.55. The molecular formula is C13H19N5O. The molecule has 0 radical (unpaired) electrons. The highest BCUT2D eigenvalue weighted by molar-refractivity contribution is 5.49. The summed E-state index contributed by atoms with van der Waals surface area (Å²) in [5.74, 6) is 3.24. The molecule has 0 saturated carbocycles. The molecule has 0 atom stereocenters. The van der Waals surface area contributed by atoms with Crippen molar-refractivity contribution < 1.29 is 4.42 Å². The Hall–Kier alpha value is -2.08. The maximum Gasteiger partial charge on any atom is 0.134 e. The van der Waals surface area contributed by atoms with Gasteiger partial charge in [0.15, 0.2) is 0 Å². The predicted octanol–water partition coefficient (Wildman–Crippen LogP) is 1.39. The third-order valence-electron chi connectivity index (χ3n) is 2.70. The van der Waals surface area contributed by atoms with Crippen LogP contribution in [0.2, 0.25) is 0 Å². The van der Waals surface area contributed by atoms with Crippen molar-refractivity contribution in [3.8, 4) is 0 Å². The molecule has 2 rings (SSSR count). The molecule has 0 aromatic carbocycles. The molecule has 19 heavy (non-hydrogen) atoms. The highest BCUT2D eigenvalue weighted by Crippen LogP contribution is 2.15. The second-order valence-corrected chi connectivity index (χ2v) is 4.30. The van der Waals surface area contributed by atoms with Crippen molar-refractivity contribution in [2.24, 2.45) is 5.73 Å². The number of aryl methyl sites for hydroxylation is 1. The molecule has 0 aliphatic carbocycles. The van der Waals surface area contributed by atoms with Crippen molar-refractivity contribution in [2.45, 2.75) is 13.5 Å². The van der Waals surface area contributed by atoms with E-state index in [1.54, 1.807) is 6.26 Å². The first kappa shape index (κ1) is 13.4. The Kier molecular flexibility index (Phi) is 4.35. The Balaban J connectivity index is 2.07. The molecule has 0 saturated heterocycles. The summed E-state index contributed by atoms with van der Waals surface area (Å²) in [7, 11) is 1.96. The molecule has 0 unspecified atom stereocenters. The third kappa shape index (κ3) is 3.69. The van der Waals surface area contributed by atoms with Crippen molar-refractivity contribution in [2.75, 3.05) is 30.4 Å². The lowest BCUT2D eigenvalue weighted by atomic mass is 10.4. The Morgan fingerprint density at radius 3 is 2.95 bits per heavy atom. The fraction of sp³-hybridized carbons (Fsp3) is 0.385. The minimum absolute atomic E-state index is 0.592. The molecule has 2 heterocycles. The number of nitrogens with two attached hydrogens (primary N) is 1. The highest BCUT2D eigenvalue weighted by Gasteiger charge is 2.06. The summed E-state index contributed by atoms with van der Waals surface area (Å²) in [4.78, 5) is 10.8. The van der Waals surface area contributed by atoms with Crippen LogP contribution >= 0.6 is 0 Å². The quantitative estimate of drug-likeness (QED) is 0.818. The van der Waals surface area contributed by atoms with Crippen LogP contribution in [0.4, 0.5) is 11.6 Å². The smallest absolute Gasteiger partial charge is 0.134 e. The van der Waals surface area contributed by atoms with Crippen molar-refractivity contribution in [1.82, 2.24) is 9.97 Å². The number of nitrogens with zero attached hydrogens (tertiary/aromatic N) is 3. The van der Waals surface area contributed by atoms with Crippen molar-refractivity contribution in [3.05, 3.63) is 36.0 Å². The van der Waals surface area contributed by atoms with E-state index in [0.29, 0.717) is 13.1 Å². The van der Waals surface area contributed by atoms with Crippen LogP contribution in [0, 0.1) is 6.92 Å². The number of rotatable bonds is 6. The van der Waals surface area contributed by atoms with Gasteiger partial charge in [0, 0.05) is 26.2 Å².